The van der Waals surface area contributed by atoms with Gasteiger partial charge in [0.2, 0.25) is 4.77 Å². The molecule has 6 nitrogen and oxygen atoms in total. The third-order valence-corrected chi connectivity index (χ3v) is 5.75. The number of rotatable bonds is 5. The Morgan fingerprint density at radius 1 is 1.07 bits per heavy atom. The van der Waals surface area contributed by atoms with Gasteiger partial charge in [-0.15, -0.1) is 5.10 Å². The predicted octanol–water partition coefficient (Wildman–Crippen LogP) is 3.96. The number of piperidine rings is 1. The van der Waals surface area contributed by atoms with Crippen LogP contribution in [-0.2, 0) is 13.2 Å². The molecule has 4 rings (SSSR count). The Kier molecular flexibility index (Phi) is 5.46. The van der Waals surface area contributed by atoms with E-state index < -0.39 is 0 Å². The van der Waals surface area contributed by atoms with Gasteiger partial charge in [-0.25, -0.2) is 9.67 Å². The highest BCUT2D eigenvalue weighted by molar-refractivity contribution is 7.71. The molecule has 0 N–H and O–H groups in total. The second kappa shape index (κ2) is 8.01. The van der Waals surface area contributed by atoms with Crippen molar-refractivity contribution >= 4 is 23.7 Å². The lowest BCUT2D eigenvalue weighted by Crippen LogP contribution is -2.29. The molecule has 1 saturated heterocycles. The average molecular weight is 397 g/mol. The van der Waals surface area contributed by atoms with Crippen LogP contribution in [0.4, 0.5) is 5.69 Å². The van der Waals surface area contributed by atoms with Crippen LogP contribution in [0.3, 0.4) is 0 Å². The van der Waals surface area contributed by atoms with Crippen molar-refractivity contribution in [2.45, 2.75) is 46.3 Å². The van der Waals surface area contributed by atoms with Gasteiger partial charge in [0.05, 0.1) is 6.67 Å². The topological polar surface area (TPSA) is 41.6 Å². The van der Waals surface area contributed by atoms with Crippen LogP contribution in [0.1, 0.15) is 36.2 Å². The number of aryl methyl sites for hydroxylation is 2. The molecule has 3 heterocycles. The van der Waals surface area contributed by atoms with E-state index in [2.05, 4.69) is 51.2 Å². The summed E-state index contributed by atoms with van der Waals surface area (Å²) in [6.45, 7) is 7.86. The zero-order valence-electron chi connectivity index (χ0n) is 16.9. The molecular formula is C21H28N6S. The standard InChI is InChI=1S/C21H28N6S/c1-16-13-17(2)27-20(22-16)23-26(21(27)28)15-24(3)14-18-7-9-19(10-8-18)25-11-5-4-6-12-25/h7-10,13H,4-6,11-12,14-15H2,1-3H3. The van der Waals surface area contributed by atoms with Gasteiger partial charge >= 0.3 is 0 Å². The Hall–Kier alpha value is -2.25. The fraction of sp³-hybridized carbons (Fsp3) is 0.476. The molecule has 3 aromatic rings. The maximum absolute atomic E-state index is 5.62. The molecule has 28 heavy (non-hydrogen) atoms. The molecular weight excluding hydrogens is 368 g/mol. The lowest BCUT2D eigenvalue weighted by Gasteiger charge is -2.29. The third kappa shape index (κ3) is 3.95. The first kappa shape index (κ1) is 19.1. The molecule has 2 aromatic heterocycles. The Morgan fingerprint density at radius 3 is 2.50 bits per heavy atom. The van der Waals surface area contributed by atoms with Crippen molar-refractivity contribution in [3.63, 3.8) is 0 Å². The molecule has 0 bridgehead atoms. The van der Waals surface area contributed by atoms with Crippen LogP contribution in [0.5, 0.6) is 0 Å². The molecule has 1 fully saturated rings. The summed E-state index contributed by atoms with van der Waals surface area (Å²) in [7, 11) is 2.09. The second-order valence-electron chi connectivity index (χ2n) is 7.83. The first-order valence-electron chi connectivity index (χ1n) is 9.97. The summed E-state index contributed by atoms with van der Waals surface area (Å²) in [6, 6.07) is 11.0. The first-order valence-corrected chi connectivity index (χ1v) is 10.4. The minimum Gasteiger partial charge on any atom is -0.372 e. The highest BCUT2D eigenvalue weighted by atomic mass is 32.1. The van der Waals surface area contributed by atoms with Gasteiger partial charge in [0.1, 0.15) is 0 Å². The maximum Gasteiger partial charge on any atom is 0.254 e. The summed E-state index contributed by atoms with van der Waals surface area (Å²) in [5.74, 6) is 0.668. The number of hydrogen-bond acceptors (Lipinski definition) is 5. The Labute approximate surface area is 171 Å². The van der Waals surface area contributed by atoms with Gasteiger partial charge in [0, 0.05) is 36.7 Å². The molecule has 1 aliphatic rings. The van der Waals surface area contributed by atoms with Crippen LogP contribution in [0, 0.1) is 18.6 Å². The molecule has 1 aromatic carbocycles. The monoisotopic (exact) mass is 396 g/mol. The molecule has 0 saturated carbocycles. The Morgan fingerprint density at radius 2 is 1.79 bits per heavy atom. The molecule has 0 unspecified atom stereocenters. The van der Waals surface area contributed by atoms with Crippen LogP contribution in [0.25, 0.3) is 5.78 Å². The number of benzene rings is 1. The molecule has 148 valence electrons. The van der Waals surface area contributed by atoms with Crippen LogP contribution in [0.2, 0.25) is 0 Å². The molecule has 0 radical (unpaired) electrons. The van der Waals surface area contributed by atoms with E-state index in [1.165, 1.54) is 43.6 Å². The summed E-state index contributed by atoms with van der Waals surface area (Å²) in [5.41, 5.74) is 4.66. The first-order chi connectivity index (χ1) is 13.5. The third-order valence-electron chi connectivity index (χ3n) is 5.35. The molecule has 0 aliphatic carbocycles. The molecule has 7 heteroatoms. The highest BCUT2D eigenvalue weighted by Gasteiger charge is 2.12. The minimum atomic E-state index is 0.633. The van der Waals surface area contributed by atoms with E-state index >= 15 is 0 Å². The van der Waals surface area contributed by atoms with E-state index in [-0.39, 0.29) is 0 Å². The zero-order chi connectivity index (χ0) is 19.7. The molecule has 0 atom stereocenters. The molecule has 0 amide bonds. The summed E-state index contributed by atoms with van der Waals surface area (Å²) in [5, 5.41) is 4.61. The Balaban J connectivity index is 1.45. The van der Waals surface area contributed by atoms with Gasteiger partial charge in [-0.05, 0) is 76.1 Å². The number of nitrogens with zero attached hydrogens (tertiary/aromatic N) is 6. The number of fused-ring (bicyclic) bond motifs is 1. The van der Waals surface area contributed by atoms with Crippen molar-refractivity contribution in [2.24, 2.45) is 0 Å². The van der Waals surface area contributed by atoms with E-state index in [1.54, 1.807) is 0 Å². The van der Waals surface area contributed by atoms with Crippen LogP contribution in [-0.4, -0.2) is 44.2 Å². The lowest BCUT2D eigenvalue weighted by molar-refractivity contribution is 0.244. The lowest BCUT2D eigenvalue weighted by atomic mass is 10.1. The van der Waals surface area contributed by atoms with Crippen molar-refractivity contribution in [1.29, 1.82) is 0 Å². The quantitative estimate of drug-likeness (QED) is 0.611. The van der Waals surface area contributed by atoms with Gasteiger partial charge in [-0.2, -0.15) is 0 Å². The van der Waals surface area contributed by atoms with Crippen LogP contribution < -0.4 is 4.90 Å². The van der Waals surface area contributed by atoms with Crippen molar-refractivity contribution in [3.8, 4) is 0 Å². The summed E-state index contributed by atoms with van der Waals surface area (Å²) >= 11 is 5.62. The molecule has 1 aliphatic heterocycles. The van der Waals surface area contributed by atoms with Gasteiger partial charge in [-0.1, -0.05) is 12.1 Å². The SMILES string of the molecule is Cc1cc(C)n2c(=S)n(CN(C)Cc3ccc(N4CCCCC4)cc3)nc2n1. The number of hydrogen-bond donors (Lipinski definition) is 0. The van der Waals surface area contributed by atoms with Crippen molar-refractivity contribution in [3.05, 3.63) is 52.1 Å². The Bertz CT molecular complexity index is 1010. The van der Waals surface area contributed by atoms with E-state index in [9.17, 15) is 0 Å². The summed E-state index contributed by atoms with van der Waals surface area (Å²) in [6.07, 6.45) is 3.97. The largest absolute Gasteiger partial charge is 0.372 e. The van der Waals surface area contributed by atoms with Crippen LogP contribution >= 0.6 is 12.2 Å². The van der Waals surface area contributed by atoms with Gasteiger partial charge in [-0.3, -0.25) is 9.30 Å². The molecule has 0 spiro atoms. The van der Waals surface area contributed by atoms with Gasteiger partial charge in [0.25, 0.3) is 5.78 Å². The van der Waals surface area contributed by atoms with Gasteiger partial charge < -0.3 is 4.90 Å². The minimum absolute atomic E-state index is 0.633. The second-order valence-corrected chi connectivity index (χ2v) is 8.19. The fourth-order valence-electron chi connectivity index (χ4n) is 3.98. The normalized spacial score (nSPS) is 14.9. The maximum atomic E-state index is 5.62. The summed E-state index contributed by atoms with van der Waals surface area (Å²) < 4.78 is 4.47. The summed E-state index contributed by atoms with van der Waals surface area (Å²) in [4.78, 5) is 9.22. The smallest absolute Gasteiger partial charge is 0.254 e. The van der Waals surface area contributed by atoms with Crippen molar-refractivity contribution in [2.75, 3.05) is 25.0 Å². The zero-order valence-corrected chi connectivity index (χ0v) is 17.7. The van der Waals surface area contributed by atoms with Crippen LogP contribution in [0.15, 0.2) is 30.3 Å². The highest BCUT2D eigenvalue weighted by Crippen LogP contribution is 2.20. The van der Waals surface area contributed by atoms with E-state index in [4.69, 9.17) is 12.2 Å². The average Bonchev–Trinajstić information content (AvgIpc) is 2.98. The predicted molar refractivity (Wildman–Crippen MR) is 115 cm³/mol. The van der Waals surface area contributed by atoms with E-state index in [1.807, 2.05) is 29.0 Å². The van der Waals surface area contributed by atoms with Gasteiger partial charge in [0.15, 0.2) is 0 Å². The van der Waals surface area contributed by atoms with Crippen molar-refractivity contribution in [1.82, 2.24) is 24.1 Å². The number of aromatic nitrogens is 4. The van der Waals surface area contributed by atoms with Crippen molar-refractivity contribution < 1.29 is 0 Å². The van der Waals surface area contributed by atoms with E-state index in [0.29, 0.717) is 17.2 Å². The number of anilines is 1. The fourth-order valence-corrected chi connectivity index (χ4v) is 4.31. The van der Waals surface area contributed by atoms with E-state index in [0.717, 1.165) is 17.9 Å².